The molecule has 4 nitrogen and oxygen atoms in total. The molecule has 1 amide bonds. The molecule has 0 unspecified atom stereocenters. The molecule has 0 aliphatic carbocycles. The number of alkyl halides is 3. The van der Waals surface area contributed by atoms with E-state index in [-0.39, 0.29) is 10.6 Å². The zero-order chi connectivity index (χ0) is 14.3. The summed E-state index contributed by atoms with van der Waals surface area (Å²) >= 11 is 5.62. The van der Waals surface area contributed by atoms with Crippen molar-refractivity contribution >= 4 is 17.5 Å². The number of rotatable bonds is 1. The maximum Gasteiger partial charge on any atom is 0.442 e. The predicted molar refractivity (Wildman–Crippen MR) is 60.9 cm³/mol. The van der Waals surface area contributed by atoms with Gasteiger partial charge in [-0.2, -0.15) is 13.2 Å². The van der Waals surface area contributed by atoms with Gasteiger partial charge in [0.25, 0.3) is 11.6 Å². The Kier molecular flexibility index (Phi) is 3.19. The number of hydrogen-bond donors (Lipinski definition) is 2. The summed E-state index contributed by atoms with van der Waals surface area (Å²) < 4.78 is 38.3. The lowest BCUT2D eigenvalue weighted by atomic mass is 10.1. The van der Waals surface area contributed by atoms with E-state index in [1.54, 1.807) is 0 Å². The van der Waals surface area contributed by atoms with E-state index in [9.17, 15) is 23.1 Å². The first-order valence-electron chi connectivity index (χ1n) is 5.09. The van der Waals surface area contributed by atoms with E-state index < -0.39 is 17.8 Å². The Morgan fingerprint density at radius 2 is 1.89 bits per heavy atom. The fraction of sp³-hybridized carbons (Fsp3) is 0.182. The second-order valence-corrected chi connectivity index (χ2v) is 4.27. The van der Waals surface area contributed by atoms with Crippen molar-refractivity contribution in [2.45, 2.75) is 11.9 Å². The van der Waals surface area contributed by atoms with Crippen LogP contribution in [0.4, 0.5) is 13.2 Å². The average Bonchev–Trinajstić information content (AvgIpc) is 2.72. The number of nitrogens with one attached hydrogen (secondary N) is 1. The molecule has 0 spiro atoms. The summed E-state index contributed by atoms with van der Waals surface area (Å²) in [6.45, 7) is 0. The first-order chi connectivity index (χ1) is 8.75. The highest BCUT2D eigenvalue weighted by atomic mass is 35.5. The van der Waals surface area contributed by atoms with Crippen LogP contribution in [0.2, 0.25) is 5.02 Å². The van der Waals surface area contributed by atoms with Crippen LogP contribution in [0.25, 0.3) is 0 Å². The minimum Gasteiger partial charge on any atom is -0.359 e. The largest absolute Gasteiger partial charge is 0.442 e. The van der Waals surface area contributed by atoms with Gasteiger partial charge in [0.2, 0.25) is 0 Å². The minimum atomic E-state index is -5.02. The third kappa shape index (κ3) is 2.26. The maximum absolute atomic E-state index is 12.8. The first kappa shape index (κ1) is 13.7. The Balaban J connectivity index is 2.32. The van der Waals surface area contributed by atoms with Gasteiger partial charge in [0.05, 0.1) is 0 Å². The molecule has 102 valence electrons. The quantitative estimate of drug-likeness (QED) is 0.833. The summed E-state index contributed by atoms with van der Waals surface area (Å²) in [6.07, 6.45) is -3.71. The average molecular weight is 293 g/mol. The van der Waals surface area contributed by atoms with E-state index in [1.807, 2.05) is 0 Å². The van der Waals surface area contributed by atoms with Crippen LogP contribution in [0, 0.1) is 0 Å². The van der Waals surface area contributed by atoms with Gasteiger partial charge in [0.1, 0.15) is 0 Å². The van der Waals surface area contributed by atoms with Gasteiger partial charge in [-0.1, -0.05) is 11.6 Å². The molecular formula is C11H8ClF3N2O2. The van der Waals surface area contributed by atoms with E-state index in [0.29, 0.717) is 11.1 Å². The first-order valence-corrected chi connectivity index (χ1v) is 5.46. The van der Waals surface area contributed by atoms with Crippen molar-refractivity contribution in [3.8, 4) is 0 Å². The van der Waals surface area contributed by atoms with Crippen LogP contribution in [-0.2, 0) is 0 Å². The molecule has 0 saturated heterocycles. The Morgan fingerprint density at radius 1 is 1.32 bits per heavy atom. The van der Waals surface area contributed by atoms with Gasteiger partial charge in [0.15, 0.2) is 0 Å². The fourth-order valence-corrected chi connectivity index (χ4v) is 1.68. The highest BCUT2D eigenvalue weighted by Gasteiger charge is 2.60. The molecule has 1 aromatic rings. The zero-order valence-corrected chi connectivity index (χ0v) is 10.0. The van der Waals surface area contributed by atoms with Gasteiger partial charge < -0.3 is 5.11 Å². The monoisotopic (exact) mass is 292 g/mol. The molecule has 1 heterocycles. The maximum atomic E-state index is 12.8. The van der Waals surface area contributed by atoms with Crippen LogP contribution in [0.3, 0.4) is 0 Å². The SMILES string of the molecule is O=C(c1ccc(Cl)cc1)N1NC=C[C@]1(O)C(F)(F)F. The molecule has 0 saturated carbocycles. The Bertz CT molecular complexity index is 530. The van der Waals surface area contributed by atoms with Crippen LogP contribution >= 0.6 is 11.6 Å². The van der Waals surface area contributed by atoms with Crippen LogP contribution in [0.1, 0.15) is 10.4 Å². The standard InChI is InChI=1S/C11H8ClF3N2O2/c12-8-3-1-7(2-4-8)9(18)17-10(19,5-6-16-17)11(13,14)15/h1-6,16,19H/t10-/m0/s1. The number of hydrazine groups is 1. The van der Waals surface area contributed by atoms with Crippen LogP contribution in [0.15, 0.2) is 36.5 Å². The molecule has 1 atom stereocenters. The molecule has 19 heavy (non-hydrogen) atoms. The molecule has 8 heteroatoms. The molecule has 1 aromatic carbocycles. The molecule has 0 fully saturated rings. The van der Waals surface area contributed by atoms with E-state index in [4.69, 9.17) is 11.6 Å². The highest BCUT2D eigenvalue weighted by molar-refractivity contribution is 6.30. The van der Waals surface area contributed by atoms with Crippen LogP contribution in [-0.4, -0.2) is 27.9 Å². The van der Waals surface area contributed by atoms with Crippen molar-refractivity contribution in [1.29, 1.82) is 0 Å². The molecule has 1 aliphatic heterocycles. The van der Waals surface area contributed by atoms with E-state index in [0.717, 1.165) is 6.20 Å². The molecule has 1 aliphatic rings. The smallest absolute Gasteiger partial charge is 0.359 e. The Labute approximate surface area is 111 Å². The lowest BCUT2D eigenvalue weighted by Gasteiger charge is -2.33. The molecule has 0 radical (unpaired) electrons. The number of amides is 1. The summed E-state index contributed by atoms with van der Waals surface area (Å²) in [5, 5.41) is 10.0. The number of nitrogens with zero attached hydrogens (tertiary/aromatic N) is 1. The minimum absolute atomic E-state index is 0.0386. The second kappa shape index (κ2) is 4.43. The molecule has 0 bridgehead atoms. The third-order valence-electron chi connectivity index (χ3n) is 2.57. The number of carbonyl (C=O) groups is 1. The summed E-state index contributed by atoms with van der Waals surface area (Å²) in [5.41, 5.74) is -1.34. The third-order valence-corrected chi connectivity index (χ3v) is 2.82. The van der Waals surface area contributed by atoms with Gasteiger partial charge in [-0.25, -0.2) is 5.01 Å². The lowest BCUT2D eigenvalue weighted by molar-refractivity contribution is -0.283. The normalized spacial score (nSPS) is 22.5. The van der Waals surface area contributed by atoms with Gasteiger partial charge in [-0.3, -0.25) is 10.2 Å². The molecular weight excluding hydrogens is 285 g/mol. The predicted octanol–water partition coefficient (Wildman–Crippen LogP) is 2.06. The Morgan fingerprint density at radius 3 is 2.42 bits per heavy atom. The van der Waals surface area contributed by atoms with E-state index in [2.05, 4.69) is 5.43 Å². The number of aliphatic hydroxyl groups is 1. The number of halogens is 4. The molecule has 2 rings (SSSR count). The lowest BCUT2D eigenvalue weighted by Crippen LogP contribution is -2.60. The fourth-order valence-electron chi connectivity index (χ4n) is 1.56. The van der Waals surface area contributed by atoms with E-state index >= 15 is 0 Å². The molecule has 0 aromatic heterocycles. The summed E-state index contributed by atoms with van der Waals surface area (Å²) in [4.78, 5) is 11.9. The van der Waals surface area contributed by atoms with Crippen molar-refractivity contribution in [1.82, 2.24) is 10.4 Å². The van der Waals surface area contributed by atoms with Crippen molar-refractivity contribution in [2.75, 3.05) is 0 Å². The zero-order valence-electron chi connectivity index (χ0n) is 9.28. The topological polar surface area (TPSA) is 52.6 Å². The van der Waals surface area contributed by atoms with Gasteiger partial charge in [-0.05, 0) is 30.3 Å². The van der Waals surface area contributed by atoms with Gasteiger partial charge in [-0.15, -0.1) is 0 Å². The number of carbonyl (C=O) groups excluding carboxylic acids is 1. The van der Waals surface area contributed by atoms with Crippen molar-refractivity contribution in [3.05, 3.63) is 47.1 Å². The van der Waals surface area contributed by atoms with Crippen molar-refractivity contribution in [3.63, 3.8) is 0 Å². The van der Waals surface area contributed by atoms with E-state index in [1.165, 1.54) is 24.3 Å². The number of benzene rings is 1. The summed E-state index contributed by atoms with van der Waals surface area (Å²) in [7, 11) is 0. The van der Waals surface area contributed by atoms with Crippen LogP contribution < -0.4 is 5.43 Å². The second-order valence-electron chi connectivity index (χ2n) is 3.83. The summed E-state index contributed by atoms with van der Waals surface area (Å²) in [5.74, 6) is -1.03. The van der Waals surface area contributed by atoms with Crippen molar-refractivity contribution in [2.24, 2.45) is 0 Å². The highest BCUT2D eigenvalue weighted by Crippen LogP contribution is 2.36. The number of hydrogen-bond acceptors (Lipinski definition) is 3. The molecule has 2 N–H and O–H groups in total. The Hall–Kier alpha value is -1.73. The van der Waals surface area contributed by atoms with Crippen molar-refractivity contribution < 1.29 is 23.1 Å². The van der Waals surface area contributed by atoms with Gasteiger partial charge >= 0.3 is 6.18 Å². The van der Waals surface area contributed by atoms with Gasteiger partial charge in [0, 0.05) is 16.8 Å². The summed E-state index contributed by atoms with van der Waals surface area (Å²) in [6, 6.07) is 5.26. The van der Waals surface area contributed by atoms with Crippen LogP contribution in [0.5, 0.6) is 0 Å².